The molecule has 12 heavy (non-hydrogen) atoms. The van der Waals surface area contributed by atoms with Gasteiger partial charge >= 0.3 is 0 Å². The summed E-state index contributed by atoms with van der Waals surface area (Å²) in [6, 6.07) is 10.4. The van der Waals surface area contributed by atoms with Crippen molar-refractivity contribution >= 4 is 13.3 Å². The van der Waals surface area contributed by atoms with E-state index in [0.29, 0.717) is 0 Å². The molecule has 0 fully saturated rings. The van der Waals surface area contributed by atoms with Crippen molar-refractivity contribution in [2.24, 2.45) is 0 Å². The molecule has 64 valence electrons. The summed E-state index contributed by atoms with van der Waals surface area (Å²) in [6.45, 7) is 6.94. The van der Waals surface area contributed by atoms with Crippen LogP contribution in [-0.4, -0.2) is 20.0 Å². The van der Waals surface area contributed by atoms with Crippen LogP contribution in [0.15, 0.2) is 36.1 Å². The molecule has 0 saturated carbocycles. The van der Waals surface area contributed by atoms with E-state index >= 15 is 0 Å². The van der Waals surface area contributed by atoms with Gasteiger partial charge in [0.2, 0.25) is 0 Å². The second kappa shape index (κ2) is 3.87. The number of hydrogen-bond acceptors (Lipinski definition) is 0. The minimum atomic E-state index is -0.762. The third-order valence-electron chi connectivity index (χ3n) is 1.51. The summed E-state index contributed by atoms with van der Waals surface area (Å²) in [4.78, 5) is 0. The molecule has 0 saturated heterocycles. The summed E-state index contributed by atoms with van der Waals surface area (Å²) in [6.07, 6.45) is 2.22. The molecule has 1 rings (SSSR count). The average molecular weight is 179 g/mol. The molecule has 0 amide bonds. The van der Waals surface area contributed by atoms with Crippen LogP contribution in [0.4, 0.5) is 0 Å². The fraction of sp³-hybridized carbons (Fsp3) is 0.273. The molecule has 0 aliphatic rings. The fourth-order valence-electron chi connectivity index (χ4n) is 0.874. The highest BCUT2D eigenvalue weighted by molar-refractivity contribution is 7.76. The van der Waals surface area contributed by atoms with Crippen molar-refractivity contribution < 1.29 is 0 Å². The molecule has 0 aromatic heterocycles. The summed E-state index contributed by atoms with van der Waals surface area (Å²) in [5.41, 5.74) is 1.30. The van der Waals surface area contributed by atoms with E-state index in [0.717, 1.165) is 0 Å². The molecule has 1 aromatic carbocycles. The van der Waals surface area contributed by atoms with Crippen LogP contribution in [0.2, 0.25) is 0 Å². The Morgan fingerprint density at radius 2 is 1.58 bits per heavy atom. The lowest BCUT2D eigenvalue weighted by atomic mass is 10.2. The van der Waals surface area contributed by atoms with Crippen molar-refractivity contribution in [2.45, 2.75) is 0 Å². The monoisotopic (exact) mass is 179 g/mol. The SMILES string of the molecule is C[P+](C)(C)C=Cc1ccccc1. The second-order valence-corrected chi connectivity index (χ2v) is 8.37. The van der Waals surface area contributed by atoms with E-state index in [4.69, 9.17) is 0 Å². The van der Waals surface area contributed by atoms with Gasteiger partial charge in [0.25, 0.3) is 0 Å². The lowest BCUT2D eigenvalue weighted by Crippen LogP contribution is -1.77. The van der Waals surface area contributed by atoms with Gasteiger partial charge in [0, 0.05) is 7.26 Å². The lowest BCUT2D eigenvalue weighted by molar-refractivity contribution is 1.66. The summed E-state index contributed by atoms with van der Waals surface area (Å²) in [7, 11) is -0.762. The van der Waals surface area contributed by atoms with Crippen LogP contribution in [0.5, 0.6) is 0 Å². The van der Waals surface area contributed by atoms with Crippen molar-refractivity contribution in [2.75, 3.05) is 20.0 Å². The number of hydrogen-bond donors (Lipinski definition) is 0. The predicted molar refractivity (Wildman–Crippen MR) is 60.2 cm³/mol. The van der Waals surface area contributed by atoms with E-state index in [1.54, 1.807) is 0 Å². The van der Waals surface area contributed by atoms with Gasteiger partial charge in [-0.25, -0.2) is 0 Å². The summed E-state index contributed by atoms with van der Waals surface area (Å²) >= 11 is 0. The molecule has 1 heteroatoms. The predicted octanol–water partition coefficient (Wildman–Crippen LogP) is 3.56. The van der Waals surface area contributed by atoms with E-state index < -0.39 is 7.26 Å². The Hall–Kier alpha value is -0.610. The van der Waals surface area contributed by atoms with Gasteiger partial charge in [0.15, 0.2) is 0 Å². The smallest absolute Gasteiger partial charge is 0.0585 e. The van der Waals surface area contributed by atoms with Crippen LogP contribution in [0.25, 0.3) is 6.08 Å². The Bertz CT molecular complexity index is 254. The van der Waals surface area contributed by atoms with Gasteiger partial charge in [0.1, 0.15) is 0 Å². The Morgan fingerprint density at radius 3 is 2.08 bits per heavy atom. The van der Waals surface area contributed by atoms with Crippen LogP contribution >= 0.6 is 7.26 Å². The molecule has 1 aromatic rings. The van der Waals surface area contributed by atoms with Crippen molar-refractivity contribution in [1.29, 1.82) is 0 Å². The zero-order chi connectivity index (χ0) is 9.03. The molecular formula is C11H16P+. The van der Waals surface area contributed by atoms with E-state index in [1.165, 1.54) is 5.56 Å². The van der Waals surface area contributed by atoms with Crippen molar-refractivity contribution in [1.82, 2.24) is 0 Å². The first-order valence-corrected chi connectivity index (χ1v) is 7.33. The minimum absolute atomic E-state index is 0.762. The Kier molecular flexibility index (Phi) is 3.05. The van der Waals surface area contributed by atoms with E-state index in [9.17, 15) is 0 Å². The Morgan fingerprint density at radius 1 is 1.00 bits per heavy atom. The molecule has 0 radical (unpaired) electrons. The molecule has 0 atom stereocenters. The van der Waals surface area contributed by atoms with Gasteiger partial charge in [-0.2, -0.15) is 0 Å². The third kappa shape index (κ3) is 3.69. The molecule has 0 bridgehead atoms. The minimum Gasteiger partial charge on any atom is -0.0622 e. The molecule has 0 unspecified atom stereocenters. The first-order chi connectivity index (χ1) is 5.58. The van der Waals surface area contributed by atoms with Gasteiger partial charge in [-0.1, -0.05) is 30.3 Å². The Balaban J connectivity index is 2.71. The van der Waals surface area contributed by atoms with Gasteiger partial charge in [0.05, 0.1) is 25.8 Å². The number of rotatable bonds is 2. The summed E-state index contributed by atoms with van der Waals surface area (Å²) in [5, 5.41) is 0. The van der Waals surface area contributed by atoms with Crippen LogP contribution < -0.4 is 0 Å². The topological polar surface area (TPSA) is 0 Å². The fourth-order valence-corrected chi connectivity index (χ4v) is 1.49. The van der Waals surface area contributed by atoms with Gasteiger partial charge in [-0.15, -0.1) is 0 Å². The van der Waals surface area contributed by atoms with Crippen LogP contribution in [-0.2, 0) is 0 Å². The molecule has 0 aliphatic heterocycles. The normalized spacial score (nSPS) is 12.2. The molecule has 0 heterocycles. The van der Waals surface area contributed by atoms with Crippen LogP contribution in [0.3, 0.4) is 0 Å². The standard InChI is InChI=1S/C11H16P/c1-12(2,3)10-9-11-7-5-4-6-8-11/h4-10H,1-3H3/q+1. The van der Waals surface area contributed by atoms with Gasteiger partial charge in [-0.05, 0) is 11.6 Å². The number of benzene rings is 1. The summed E-state index contributed by atoms with van der Waals surface area (Å²) < 4.78 is 0. The van der Waals surface area contributed by atoms with Crippen LogP contribution in [0.1, 0.15) is 5.56 Å². The first kappa shape index (κ1) is 9.48. The second-order valence-electron chi connectivity index (χ2n) is 3.84. The van der Waals surface area contributed by atoms with Crippen LogP contribution in [0, 0.1) is 0 Å². The van der Waals surface area contributed by atoms with Crippen molar-refractivity contribution in [3.8, 4) is 0 Å². The van der Waals surface area contributed by atoms with Crippen molar-refractivity contribution in [3.05, 3.63) is 41.7 Å². The first-order valence-electron chi connectivity index (χ1n) is 4.13. The van der Waals surface area contributed by atoms with Gasteiger partial charge < -0.3 is 0 Å². The quantitative estimate of drug-likeness (QED) is 0.609. The third-order valence-corrected chi connectivity index (χ3v) is 2.56. The van der Waals surface area contributed by atoms with Gasteiger partial charge in [-0.3, -0.25) is 0 Å². The maximum Gasteiger partial charge on any atom is 0.0585 e. The van der Waals surface area contributed by atoms with Crippen molar-refractivity contribution in [3.63, 3.8) is 0 Å². The average Bonchev–Trinajstić information content (AvgIpc) is 2.02. The largest absolute Gasteiger partial charge is 0.0622 e. The molecule has 0 aliphatic carbocycles. The highest BCUT2D eigenvalue weighted by atomic mass is 31.2. The zero-order valence-corrected chi connectivity index (χ0v) is 8.88. The summed E-state index contributed by atoms with van der Waals surface area (Å²) in [5.74, 6) is 2.34. The maximum atomic E-state index is 2.34. The molecule has 0 spiro atoms. The van der Waals surface area contributed by atoms with E-state index in [2.05, 4.69) is 56.2 Å². The highest BCUT2D eigenvalue weighted by Crippen LogP contribution is 2.48. The molecule has 0 N–H and O–H groups in total. The van der Waals surface area contributed by atoms with E-state index in [-0.39, 0.29) is 0 Å². The molecular weight excluding hydrogens is 163 g/mol. The zero-order valence-electron chi connectivity index (χ0n) is 7.99. The lowest BCUT2D eigenvalue weighted by Gasteiger charge is -2.03. The van der Waals surface area contributed by atoms with E-state index in [1.807, 2.05) is 6.07 Å². The highest BCUT2D eigenvalue weighted by Gasteiger charge is 2.10. The maximum absolute atomic E-state index is 2.34. The Labute approximate surface area is 75.7 Å². The molecule has 0 nitrogen and oxygen atoms in total.